The van der Waals surface area contributed by atoms with Crippen molar-refractivity contribution in [3.63, 3.8) is 0 Å². The Morgan fingerprint density at radius 2 is 2.57 bits per heavy atom. The number of fused-ring (bicyclic) bond motifs is 1. The minimum absolute atomic E-state index is 0.113. The van der Waals surface area contributed by atoms with Gasteiger partial charge in [0, 0.05) is 13.5 Å². The van der Waals surface area contributed by atoms with Gasteiger partial charge < -0.3 is 14.6 Å². The maximum atomic E-state index is 10.6. The van der Waals surface area contributed by atoms with Crippen LogP contribution < -0.4 is 0 Å². The lowest BCUT2D eigenvalue weighted by molar-refractivity contribution is -0.235. The molecule has 0 bridgehead atoms. The Balaban J connectivity index is 2.30. The Morgan fingerprint density at radius 3 is 3.21 bits per heavy atom. The molecule has 1 aliphatic heterocycles. The Kier molecular flexibility index (Phi) is 2.33. The zero-order valence-electron chi connectivity index (χ0n) is 8.10. The highest BCUT2D eigenvalue weighted by atomic mass is 16.7. The Labute approximate surface area is 82.5 Å². The first-order chi connectivity index (χ1) is 6.73. The summed E-state index contributed by atoms with van der Waals surface area (Å²) in [6.45, 7) is 0. The van der Waals surface area contributed by atoms with E-state index in [0.717, 1.165) is 19.3 Å². The first-order valence-electron chi connectivity index (χ1n) is 4.80. The number of hydrogen-bond acceptors (Lipinski definition) is 4. The fourth-order valence-electron chi connectivity index (χ4n) is 2.39. The van der Waals surface area contributed by atoms with Crippen LogP contribution in [0.5, 0.6) is 0 Å². The van der Waals surface area contributed by atoms with Crippen LogP contribution in [0.25, 0.3) is 0 Å². The summed E-state index contributed by atoms with van der Waals surface area (Å²) in [4.78, 5) is 10.6. The number of ether oxygens (including phenoxy) is 2. The molecule has 0 aromatic carbocycles. The summed E-state index contributed by atoms with van der Waals surface area (Å²) in [7, 11) is 1.57. The average molecular weight is 198 g/mol. The van der Waals surface area contributed by atoms with Crippen LogP contribution in [0.3, 0.4) is 0 Å². The summed E-state index contributed by atoms with van der Waals surface area (Å²) in [5.74, 6) is -0.816. The van der Waals surface area contributed by atoms with Crippen LogP contribution in [0.15, 0.2) is 11.8 Å². The fraction of sp³-hybridized carbons (Fsp3) is 0.700. The summed E-state index contributed by atoms with van der Waals surface area (Å²) in [6.07, 6.45) is 3.78. The quantitative estimate of drug-likeness (QED) is 0.660. The van der Waals surface area contributed by atoms with E-state index in [1.54, 1.807) is 7.11 Å². The van der Waals surface area contributed by atoms with Gasteiger partial charge in [0.1, 0.15) is 0 Å². The van der Waals surface area contributed by atoms with Gasteiger partial charge in [0.05, 0.1) is 23.9 Å². The molecule has 0 aromatic heterocycles. The Hall–Kier alpha value is -0.870. The highest BCUT2D eigenvalue weighted by Gasteiger charge is 2.51. The smallest absolute Gasteiger partial charge is 0.215 e. The second-order valence-electron chi connectivity index (χ2n) is 3.81. The van der Waals surface area contributed by atoms with Gasteiger partial charge in [-0.05, 0) is 12.8 Å². The zero-order chi connectivity index (χ0) is 10.2. The normalized spacial score (nSPS) is 41.1. The lowest BCUT2D eigenvalue weighted by Gasteiger charge is -2.39. The van der Waals surface area contributed by atoms with Crippen LogP contribution in [0.1, 0.15) is 19.3 Å². The molecule has 3 atom stereocenters. The van der Waals surface area contributed by atoms with Crippen LogP contribution in [-0.2, 0) is 14.3 Å². The lowest BCUT2D eigenvalue weighted by Crippen LogP contribution is -2.47. The second kappa shape index (κ2) is 3.37. The Bertz CT molecular complexity index is 273. The summed E-state index contributed by atoms with van der Waals surface area (Å²) in [6, 6.07) is 0. The van der Waals surface area contributed by atoms with Crippen molar-refractivity contribution in [2.24, 2.45) is 5.92 Å². The van der Waals surface area contributed by atoms with Crippen LogP contribution in [-0.4, -0.2) is 30.4 Å². The molecular formula is C10H14O4. The van der Waals surface area contributed by atoms with Gasteiger partial charge in [0.2, 0.25) is 5.79 Å². The molecule has 0 radical (unpaired) electrons. The van der Waals surface area contributed by atoms with Gasteiger partial charge in [-0.25, -0.2) is 0 Å². The number of carbonyl (C=O) groups excluding carboxylic acids is 1. The van der Waals surface area contributed by atoms with E-state index in [2.05, 4.69) is 0 Å². The molecule has 2 aliphatic rings. The van der Waals surface area contributed by atoms with Crippen molar-refractivity contribution in [1.82, 2.24) is 0 Å². The van der Waals surface area contributed by atoms with Gasteiger partial charge in [-0.1, -0.05) is 0 Å². The Morgan fingerprint density at radius 1 is 1.79 bits per heavy atom. The number of aldehydes is 1. The zero-order valence-corrected chi connectivity index (χ0v) is 8.10. The monoisotopic (exact) mass is 198 g/mol. The van der Waals surface area contributed by atoms with Crippen molar-refractivity contribution < 1.29 is 19.4 Å². The predicted octanol–water partition coefficient (Wildman–Crippen LogP) is 0.603. The third-order valence-electron chi connectivity index (χ3n) is 3.20. The number of rotatable bonds is 2. The molecule has 4 heteroatoms. The maximum Gasteiger partial charge on any atom is 0.215 e. The van der Waals surface area contributed by atoms with Crippen molar-refractivity contribution >= 4 is 6.29 Å². The first-order valence-corrected chi connectivity index (χ1v) is 4.80. The molecule has 1 saturated carbocycles. The molecule has 2 rings (SSSR count). The van der Waals surface area contributed by atoms with E-state index in [1.165, 1.54) is 6.26 Å². The van der Waals surface area contributed by atoms with Crippen molar-refractivity contribution in [2.45, 2.75) is 31.2 Å². The van der Waals surface area contributed by atoms with E-state index < -0.39 is 11.9 Å². The number of hydrogen-bond donors (Lipinski definition) is 1. The largest absolute Gasteiger partial charge is 0.469 e. The SMILES string of the molecule is CO[C@]12CCC[C@H]1[C@@H](O)C(C=O)=CO2. The molecule has 0 unspecified atom stereocenters. The van der Waals surface area contributed by atoms with E-state index >= 15 is 0 Å². The minimum atomic E-state index is -0.747. The van der Waals surface area contributed by atoms with Gasteiger partial charge >= 0.3 is 0 Å². The molecule has 0 aromatic rings. The molecular weight excluding hydrogens is 184 g/mol. The molecule has 78 valence electrons. The van der Waals surface area contributed by atoms with Crippen LogP contribution in [0, 0.1) is 5.92 Å². The number of aliphatic hydroxyl groups is 1. The average Bonchev–Trinajstić information content (AvgIpc) is 2.64. The highest BCUT2D eigenvalue weighted by Crippen LogP contribution is 2.45. The van der Waals surface area contributed by atoms with Crippen molar-refractivity contribution in [3.05, 3.63) is 11.8 Å². The molecule has 1 fully saturated rings. The van der Waals surface area contributed by atoms with Gasteiger partial charge in [0.15, 0.2) is 6.29 Å². The van der Waals surface area contributed by atoms with E-state index in [4.69, 9.17) is 9.47 Å². The molecule has 0 saturated heterocycles. The molecule has 1 N–H and O–H groups in total. The lowest BCUT2D eigenvalue weighted by atomic mass is 9.89. The summed E-state index contributed by atoms with van der Waals surface area (Å²) in [5.41, 5.74) is 0.310. The van der Waals surface area contributed by atoms with Gasteiger partial charge in [-0.15, -0.1) is 0 Å². The van der Waals surface area contributed by atoms with Crippen LogP contribution in [0.2, 0.25) is 0 Å². The molecule has 4 nitrogen and oxygen atoms in total. The van der Waals surface area contributed by atoms with Gasteiger partial charge in [-0.3, -0.25) is 4.79 Å². The fourth-order valence-corrected chi connectivity index (χ4v) is 2.39. The van der Waals surface area contributed by atoms with E-state index in [-0.39, 0.29) is 5.92 Å². The third kappa shape index (κ3) is 1.18. The maximum absolute atomic E-state index is 10.6. The third-order valence-corrected chi connectivity index (χ3v) is 3.20. The van der Waals surface area contributed by atoms with E-state index in [9.17, 15) is 9.90 Å². The highest BCUT2D eigenvalue weighted by molar-refractivity contribution is 5.74. The summed E-state index contributed by atoms with van der Waals surface area (Å²) in [5, 5.41) is 9.88. The molecule has 0 amide bonds. The standard InChI is InChI=1S/C10H14O4/c1-13-10-4-2-3-8(10)9(12)7(5-11)6-14-10/h5-6,8-9,12H,2-4H2,1H3/t8-,9-,10-/m0/s1. The number of methoxy groups -OCH3 is 1. The molecule has 14 heavy (non-hydrogen) atoms. The number of aliphatic hydroxyl groups excluding tert-OH is 1. The second-order valence-corrected chi connectivity index (χ2v) is 3.81. The van der Waals surface area contributed by atoms with Crippen molar-refractivity contribution in [1.29, 1.82) is 0 Å². The summed E-state index contributed by atoms with van der Waals surface area (Å²) < 4.78 is 10.8. The molecule has 1 heterocycles. The topological polar surface area (TPSA) is 55.8 Å². The van der Waals surface area contributed by atoms with Gasteiger partial charge in [-0.2, -0.15) is 0 Å². The van der Waals surface area contributed by atoms with Crippen molar-refractivity contribution in [3.8, 4) is 0 Å². The minimum Gasteiger partial charge on any atom is -0.469 e. The van der Waals surface area contributed by atoms with Crippen LogP contribution >= 0.6 is 0 Å². The predicted molar refractivity (Wildman–Crippen MR) is 48.3 cm³/mol. The molecule has 1 aliphatic carbocycles. The van der Waals surface area contributed by atoms with Crippen LogP contribution in [0.4, 0.5) is 0 Å². The summed E-state index contributed by atoms with van der Waals surface area (Å²) >= 11 is 0. The first kappa shape index (κ1) is 9.68. The van der Waals surface area contributed by atoms with E-state index in [0.29, 0.717) is 11.9 Å². The number of carbonyl (C=O) groups is 1. The van der Waals surface area contributed by atoms with Crippen molar-refractivity contribution in [2.75, 3.05) is 7.11 Å². The van der Waals surface area contributed by atoms with Gasteiger partial charge in [0.25, 0.3) is 0 Å². The van der Waals surface area contributed by atoms with E-state index in [1.807, 2.05) is 0 Å². The molecule has 0 spiro atoms.